The zero-order valence-electron chi connectivity index (χ0n) is 12.7. The molecule has 0 aliphatic heterocycles. The van der Waals surface area contributed by atoms with Gasteiger partial charge in [-0.1, -0.05) is 42.5 Å². The van der Waals surface area contributed by atoms with Gasteiger partial charge in [0.15, 0.2) is 0 Å². The highest BCUT2D eigenvalue weighted by molar-refractivity contribution is 5.68. The predicted octanol–water partition coefficient (Wildman–Crippen LogP) is 2.75. The third-order valence-electron chi connectivity index (χ3n) is 3.26. The Hall–Kier alpha value is -2.53. The number of carbonyl (C=O) groups excluding carboxylic acids is 1. The van der Waals surface area contributed by atoms with Crippen molar-refractivity contribution in [1.82, 2.24) is 5.32 Å². The molecule has 5 heteroatoms. The number of hydrogen-bond donors (Lipinski definition) is 2. The smallest absolute Gasteiger partial charge is 0.409 e. The molecule has 0 heterocycles. The third-order valence-corrected chi connectivity index (χ3v) is 3.26. The number of nitrogens with two attached hydrogens (primary N) is 1. The predicted molar refractivity (Wildman–Crippen MR) is 84.3 cm³/mol. The first-order valence-corrected chi connectivity index (χ1v) is 6.93. The molecule has 1 atom stereocenters. The van der Waals surface area contributed by atoms with Gasteiger partial charge in [0.1, 0.15) is 18.0 Å². The third kappa shape index (κ3) is 4.23. The molecule has 2 aromatic rings. The molecule has 0 fully saturated rings. The number of carbonyl (C=O) groups is 1. The van der Waals surface area contributed by atoms with Gasteiger partial charge in [0.25, 0.3) is 0 Å². The van der Waals surface area contributed by atoms with Gasteiger partial charge in [-0.2, -0.15) is 0 Å². The van der Waals surface area contributed by atoms with E-state index < -0.39 is 11.8 Å². The quantitative estimate of drug-likeness (QED) is 0.833. The van der Waals surface area contributed by atoms with Crippen molar-refractivity contribution in [2.45, 2.75) is 19.2 Å². The lowest BCUT2D eigenvalue weighted by molar-refractivity contribution is 0.128. The Morgan fingerprint density at radius 2 is 1.77 bits per heavy atom. The van der Waals surface area contributed by atoms with Crippen molar-refractivity contribution in [3.63, 3.8) is 0 Å². The van der Waals surface area contributed by atoms with Gasteiger partial charge in [-0.15, -0.1) is 0 Å². The van der Waals surface area contributed by atoms with Crippen molar-refractivity contribution in [3.05, 3.63) is 65.7 Å². The summed E-state index contributed by atoms with van der Waals surface area (Å²) in [5.74, 6) is 0.728. The van der Waals surface area contributed by atoms with Crippen LogP contribution in [0.5, 0.6) is 5.75 Å². The van der Waals surface area contributed by atoms with E-state index in [4.69, 9.17) is 15.2 Å². The number of alkyl carbamates (subject to hydrolysis) is 1. The molecule has 0 spiro atoms. The van der Waals surface area contributed by atoms with Crippen LogP contribution in [0, 0.1) is 0 Å². The molecule has 1 unspecified atom stereocenters. The van der Waals surface area contributed by atoms with Crippen LogP contribution in [0.3, 0.4) is 0 Å². The Morgan fingerprint density at radius 1 is 1.14 bits per heavy atom. The van der Waals surface area contributed by atoms with Crippen molar-refractivity contribution >= 4 is 6.09 Å². The number of amides is 1. The summed E-state index contributed by atoms with van der Waals surface area (Å²) in [4.78, 5) is 11.9. The number of rotatable bonds is 5. The van der Waals surface area contributed by atoms with Crippen LogP contribution in [0.25, 0.3) is 0 Å². The first kappa shape index (κ1) is 15.9. The molecule has 1 amide bonds. The van der Waals surface area contributed by atoms with E-state index >= 15 is 0 Å². The van der Waals surface area contributed by atoms with E-state index in [9.17, 15) is 4.79 Å². The number of ether oxygens (including phenoxy) is 2. The summed E-state index contributed by atoms with van der Waals surface area (Å²) < 4.78 is 10.3. The molecule has 2 rings (SSSR count). The summed E-state index contributed by atoms with van der Waals surface area (Å²) in [6, 6.07) is 16.6. The lowest BCUT2D eigenvalue weighted by Crippen LogP contribution is -2.50. The van der Waals surface area contributed by atoms with Crippen molar-refractivity contribution in [3.8, 4) is 5.75 Å². The minimum absolute atomic E-state index is 0.200. The van der Waals surface area contributed by atoms with Crippen LogP contribution in [0.4, 0.5) is 4.79 Å². The van der Waals surface area contributed by atoms with Crippen LogP contribution < -0.4 is 15.8 Å². The molecule has 3 N–H and O–H groups in total. The molecule has 2 aromatic carbocycles. The fraction of sp³-hybridized carbons (Fsp3) is 0.235. The normalized spacial score (nSPS) is 13.0. The van der Waals surface area contributed by atoms with Gasteiger partial charge in [-0.25, -0.2) is 4.79 Å². The minimum atomic E-state index is -1.03. The maximum absolute atomic E-state index is 11.9. The zero-order chi connectivity index (χ0) is 16.0. The first-order chi connectivity index (χ1) is 10.5. The average molecular weight is 300 g/mol. The van der Waals surface area contributed by atoms with Gasteiger partial charge in [-0.3, -0.25) is 5.32 Å². The molecule has 0 aromatic heterocycles. The maximum atomic E-state index is 11.9. The molecule has 22 heavy (non-hydrogen) atoms. The van der Waals surface area contributed by atoms with Crippen molar-refractivity contribution in [2.75, 3.05) is 7.11 Å². The highest BCUT2D eigenvalue weighted by Gasteiger charge is 2.24. The summed E-state index contributed by atoms with van der Waals surface area (Å²) >= 11 is 0. The summed E-state index contributed by atoms with van der Waals surface area (Å²) in [6.07, 6.45) is -0.565. The van der Waals surface area contributed by atoms with Gasteiger partial charge >= 0.3 is 6.09 Å². The monoisotopic (exact) mass is 300 g/mol. The topological polar surface area (TPSA) is 73.6 Å². The fourth-order valence-corrected chi connectivity index (χ4v) is 1.98. The molecule has 0 aliphatic rings. The fourth-order valence-electron chi connectivity index (χ4n) is 1.98. The number of benzene rings is 2. The summed E-state index contributed by atoms with van der Waals surface area (Å²) in [5, 5.41) is 2.66. The number of methoxy groups -OCH3 is 1. The van der Waals surface area contributed by atoms with Crippen LogP contribution in [0.15, 0.2) is 54.6 Å². The van der Waals surface area contributed by atoms with E-state index in [1.165, 1.54) is 0 Å². The molecule has 116 valence electrons. The van der Waals surface area contributed by atoms with E-state index in [2.05, 4.69) is 5.32 Å². The first-order valence-electron chi connectivity index (χ1n) is 6.93. The Bertz CT molecular complexity index is 610. The summed E-state index contributed by atoms with van der Waals surface area (Å²) in [5.41, 5.74) is 6.79. The molecule has 5 nitrogen and oxygen atoms in total. The second-order valence-electron chi connectivity index (χ2n) is 5.12. The molecule has 0 saturated carbocycles. The average Bonchev–Trinajstić information content (AvgIpc) is 2.53. The Kier molecular flexibility index (Phi) is 5.01. The lowest BCUT2D eigenvalue weighted by atomic mass is 10.0. The van der Waals surface area contributed by atoms with Gasteiger partial charge in [0.05, 0.1) is 7.11 Å². The molecule has 0 saturated heterocycles. The van der Waals surface area contributed by atoms with Gasteiger partial charge in [0.2, 0.25) is 0 Å². The highest BCUT2D eigenvalue weighted by Crippen LogP contribution is 2.19. The molecule has 0 radical (unpaired) electrons. The Labute approximate surface area is 130 Å². The Morgan fingerprint density at radius 3 is 2.36 bits per heavy atom. The van der Waals surface area contributed by atoms with Crippen LogP contribution in [0.1, 0.15) is 18.1 Å². The zero-order valence-corrected chi connectivity index (χ0v) is 12.7. The number of hydrogen-bond acceptors (Lipinski definition) is 4. The van der Waals surface area contributed by atoms with Crippen molar-refractivity contribution < 1.29 is 14.3 Å². The van der Waals surface area contributed by atoms with E-state index in [-0.39, 0.29) is 6.61 Å². The lowest BCUT2D eigenvalue weighted by Gasteiger charge is -2.26. The second kappa shape index (κ2) is 6.95. The van der Waals surface area contributed by atoms with E-state index in [1.54, 1.807) is 38.3 Å². The minimum Gasteiger partial charge on any atom is -0.497 e. The van der Waals surface area contributed by atoms with Gasteiger partial charge in [-0.05, 0) is 30.2 Å². The van der Waals surface area contributed by atoms with Crippen LogP contribution >= 0.6 is 0 Å². The Balaban J connectivity index is 1.93. The van der Waals surface area contributed by atoms with Gasteiger partial charge < -0.3 is 15.2 Å². The second-order valence-corrected chi connectivity index (χ2v) is 5.12. The SMILES string of the molecule is COc1ccc(C(C)(N)NC(=O)OCc2ccccc2)cc1. The molecule has 0 aliphatic carbocycles. The van der Waals surface area contributed by atoms with Crippen molar-refractivity contribution in [2.24, 2.45) is 5.73 Å². The van der Waals surface area contributed by atoms with E-state index in [0.29, 0.717) is 0 Å². The van der Waals surface area contributed by atoms with Crippen LogP contribution in [-0.4, -0.2) is 13.2 Å². The van der Waals surface area contributed by atoms with Crippen LogP contribution in [0.2, 0.25) is 0 Å². The summed E-state index contributed by atoms with van der Waals surface area (Å²) in [7, 11) is 1.59. The van der Waals surface area contributed by atoms with E-state index in [1.807, 2.05) is 30.3 Å². The molecular weight excluding hydrogens is 280 g/mol. The van der Waals surface area contributed by atoms with E-state index in [0.717, 1.165) is 16.9 Å². The largest absolute Gasteiger partial charge is 0.497 e. The standard InChI is InChI=1S/C17H20N2O3/c1-17(18,14-8-10-15(21-2)11-9-14)19-16(20)22-12-13-6-4-3-5-7-13/h3-11H,12,18H2,1-2H3,(H,19,20). The highest BCUT2D eigenvalue weighted by atomic mass is 16.5. The van der Waals surface area contributed by atoms with Crippen LogP contribution in [-0.2, 0) is 17.0 Å². The summed E-state index contributed by atoms with van der Waals surface area (Å²) in [6.45, 7) is 1.91. The van der Waals surface area contributed by atoms with Gasteiger partial charge in [0, 0.05) is 0 Å². The molecule has 0 bridgehead atoms. The number of nitrogens with one attached hydrogen (secondary N) is 1. The molecular formula is C17H20N2O3. The van der Waals surface area contributed by atoms with Crippen molar-refractivity contribution in [1.29, 1.82) is 0 Å². The maximum Gasteiger partial charge on any atom is 0.409 e.